The van der Waals surface area contributed by atoms with Gasteiger partial charge in [0.1, 0.15) is 11.2 Å². The average molecular weight is 389 g/mol. The number of benzene rings is 1. The Bertz CT molecular complexity index is 904. The molecular formula is C17H17ClN6OS. The lowest BCUT2D eigenvalue weighted by Crippen LogP contribution is -2.29. The minimum absolute atomic E-state index is 0.215. The Morgan fingerprint density at radius 3 is 2.73 bits per heavy atom. The number of halogens is 1. The lowest BCUT2D eigenvalue weighted by Gasteiger charge is -2.29. The molecule has 1 fully saturated rings. The molecule has 0 spiro atoms. The summed E-state index contributed by atoms with van der Waals surface area (Å²) in [4.78, 5) is 15.5. The molecule has 1 N–H and O–H groups in total. The molecule has 26 heavy (non-hydrogen) atoms. The minimum atomic E-state index is -0.215. The Morgan fingerprint density at radius 1 is 1.15 bits per heavy atom. The molecule has 0 aliphatic carbocycles. The lowest BCUT2D eigenvalue weighted by molar-refractivity contribution is 0.103. The summed E-state index contributed by atoms with van der Waals surface area (Å²) < 4.78 is 1.47. The average Bonchev–Trinajstić information content (AvgIpc) is 3.34. The van der Waals surface area contributed by atoms with Crippen molar-refractivity contribution in [3.8, 4) is 5.69 Å². The summed E-state index contributed by atoms with van der Waals surface area (Å²) in [6.07, 6.45) is 5.11. The molecule has 1 saturated heterocycles. The van der Waals surface area contributed by atoms with Gasteiger partial charge in [-0.25, -0.2) is 0 Å². The van der Waals surface area contributed by atoms with Crippen molar-refractivity contribution in [3.05, 3.63) is 45.9 Å². The summed E-state index contributed by atoms with van der Waals surface area (Å²) in [6, 6.07) is 7.47. The fourth-order valence-electron chi connectivity index (χ4n) is 3.09. The summed E-state index contributed by atoms with van der Waals surface area (Å²) in [5.74, 6) is -0.215. The third kappa shape index (κ3) is 3.42. The topological polar surface area (TPSA) is 75.9 Å². The number of rotatable bonds is 4. The van der Waals surface area contributed by atoms with E-state index in [0.717, 1.165) is 18.8 Å². The summed E-state index contributed by atoms with van der Waals surface area (Å²) in [7, 11) is 0. The molecule has 1 aromatic carbocycles. The molecule has 1 aliphatic heterocycles. The largest absolute Gasteiger partial charge is 0.370 e. The molecule has 0 saturated carbocycles. The molecule has 1 amide bonds. The maximum absolute atomic E-state index is 12.7. The van der Waals surface area contributed by atoms with E-state index in [9.17, 15) is 4.79 Å². The van der Waals surface area contributed by atoms with Gasteiger partial charge in [-0.05, 0) is 59.3 Å². The normalized spacial score (nSPS) is 14.4. The molecule has 0 radical (unpaired) electrons. The fraction of sp³-hybridized carbons (Fsp3) is 0.294. The van der Waals surface area contributed by atoms with Gasteiger partial charge in [-0.2, -0.15) is 4.68 Å². The Labute approximate surface area is 159 Å². The minimum Gasteiger partial charge on any atom is -0.370 e. The number of hydrogen-bond acceptors (Lipinski definition) is 6. The number of tetrazole rings is 1. The quantitative estimate of drug-likeness (QED) is 0.738. The van der Waals surface area contributed by atoms with Crippen LogP contribution in [-0.2, 0) is 0 Å². The number of hydrogen-bond donors (Lipinski definition) is 1. The van der Waals surface area contributed by atoms with E-state index in [-0.39, 0.29) is 5.91 Å². The van der Waals surface area contributed by atoms with Crippen molar-refractivity contribution in [1.29, 1.82) is 0 Å². The van der Waals surface area contributed by atoms with Gasteiger partial charge in [-0.3, -0.25) is 4.79 Å². The molecule has 3 aromatic rings. The summed E-state index contributed by atoms with van der Waals surface area (Å²) >= 11 is 7.80. The van der Waals surface area contributed by atoms with E-state index in [4.69, 9.17) is 11.6 Å². The van der Waals surface area contributed by atoms with E-state index < -0.39 is 0 Å². The van der Waals surface area contributed by atoms with Crippen LogP contribution >= 0.6 is 22.9 Å². The predicted octanol–water partition coefficient (Wildman–Crippen LogP) is 3.62. The maximum Gasteiger partial charge on any atom is 0.267 e. The first kappa shape index (κ1) is 17.0. The van der Waals surface area contributed by atoms with Gasteiger partial charge in [0.05, 0.1) is 16.4 Å². The fourth-order valence-corrected chi connectivity index (χ4v) is 4.16. The Hall–Kier alpha value is -2.45. The summed E-state index contributed by atoms with van der Waals surface area (Å²) in [5, 5.41) is 16.5. The van der Waals surface area contributed by atoms with Crippen molar-refractivity contribution in [2.45, 2.75) is 19.3 Å². The molecule has 1 aliphatic rings. The third-order valence-corrected chi connectivity index (χ3v) is 5.55. The standard InChI is InChI=1S/C17H17ClN6OS/c18-13-10-12(4-5-14(13)23-7-2-1-3-8-23)20-17(25)16-15(6-9-26-16)24-11-19-21-22-24/h4-6,9-11H,1-3,7-8H2,(H,20,25). The van der Waals surface area contributed by atoms with Gasteiger partial charge in [0.15, 0.2) is 0 Å². The molecular weight excluding hydrogens is 372 g/mol. The number of anilines is 2. The molecule has 0 bridgehead atoms. The monoisotopic (exact) mass is 388 g/mol. The number of aromatic nitrogens is 4. The van der Waals surface area contributed by atoms with Gasteiger partial charge in [-0.15, -0.1) is 16.4 Å². The first-order valence-corrected chi connectivity index (χ1v) is 9.65. The van der Waals surface area contributed by atoms with E-state index >= 15 is 0 Å². The van der Waals surface area contributed by atoms with Crippen LogP contribution in [0.1, 0.15) is 28.9 Å². The van der Waals surface area contributed by atoms with Crippen molar-refractivity contribution in [2.75, 3.05) is 23.3 Å². The zero-order chi connectivity index (χ0) is 17.9. The molecule has 134 valence electrons. The molecule has 9 heteroatoms. The highest BCUT2D eigenvalue weighted by molar-refractivity contribution is 7.12. The Morgan fingerprint density at radius 2 is 2.00 bits per heavy atom. The van der Waals surface area contributed by atoms with Gasteiger partial charge in [0.2, 0.25) is 0 Å². The number of amides is 1. The van der Waals surface area contributed by atoms with Gasteiger partial charge >= 0.3 is 0 Å². The van der Waals surface area contributed by atoms with Crippen LogP contribution in [0.3, 0.4) is 0 Å². The van der Waals surface area contributed by atoms with Crippen molar-refractivity contribution in [1.82, 2.24) is 20.2 Å². The Balaban J connectivity index is 1.52. The van der Waals surface area contributed by atoms with Crippen molar-refractivity contribution in [2.24, 2.45) is 0 Å². The van der Waals surface area contributed by atoms with Crippen LogP contribution in [0.2, 0.25) is 5.02 Å². The number of carbonyl (C=O) groups is 1. The molecule has 2 aromatic heterocycles. The van der Waals surface area contributed by atoms with Crippen LogP contribution in [0, 0.1) is 0 Å². The number of nitrogens with one attached hydrogen (secondary N) is 1. The predicted molar refractivity (Wildman–Crippen MR) is 103 cm³/mol. The number of thiophene rings is 1. The number of nitrogens with zero attached hydrogens (tertiary/aromatic N) is 5. The highest BCUT2D eigenvalue weighted by Crippen LogP contribution is 2.31. The second-order valence-electron chi connectivity index (χ2n) is 6.06. The van der Waals surface area contributed by atoms with Gasteiger partial charge in [0, 0.05) is 18.8 Å². The first-order chi connectivity index (χ1) is 12.7. The number of piperidine rings is 1. The second kappa shape index (κ2) is 7.43. The van der Waals surface area contributed by atoms with Crippen LogP contribution in [0.4, 0.5) is 11.4 Å². The van der Waals surface area contributed by atoms with Crippen molar-refractivity contribution >= 4 is 40.2 Å². The van der Waals surface area contributed by atoms with E-state index in [0.29, 0.717) is 21.3 Å². The SMILES string of the molecule is O=C(Nc1ccc(N2CCCCC2)c(Cl)c1)c1sccc1-n1cnnn1. The van der Waals surface area contributed by atoms with E-state index in [1.54, 1.807) is 6.07 Å². The molecule has 3 heterocycles. The van der Waals surface area contributed by atoms with E-state index in [1.165, 1.54) is 41.6 Å². The molecule has 0 unspecified atom stereocenters. The zero-order valence-electron chi connectivity index (χ0n) is 13.9. The van der Waals surface area contributed by atoms with Crippen LogP contribution in [-0.4, -0.2) is 39.2 Å². The highest BCUT2D eigenvalue weighted by Gasteiger charge is 2.18. The van der Waals surface area contributed by atoms with Crippen LogP contribution in [0.25, 0.3) is 5.69 Å². The molecule has 7 nitrogen and oxygen atoms in total. The van der Waals surface area contributed by atoms with Crippen LogP contribution < -0.4 is 10.2 Å². The van der Waals surface area contributed by atoms with Crippen LogP contribution in [0.15, 0.2) is 36.0 Å². The van der Waals surface area contributed by atoms with E-state index in [2.05, 4.69) is 25.7 Å². The molecule has 4 rings (SSSR count). The van der Waals surface area contributed by atoms with Crippen LogP contribution in [0.5, 0.6) is 0 Å². The lowest BCUT2D eigenvalue weighted by atomic mass is 10.1. The second-order valence-corrected chi connectivity index (χ2v) is 7.38. The summed E-state index contributed by atoms with van der Waals surface area (Å²) in [6.45, 7) is 2.05. The third-order valence-electron chi connectivity index (χ3n) is 4.35. The first-order valence-electron chi connectivity index (χ1n) is 8.39. The van der Waals surface area contributed by atoms with E-state index in [1.807, 2.05) is 23.6 Å². The zero-order valence-corrected chi connectivity index (χ0v) is 15.5. The maximum atomic E-state index is 12.7. The highest BCUT2D eigenvalue weighted by atomic mass is 35.5. The van der Waals surface area contributed by atoms with Crippen molar-refractivity contribution < 1.29 is 4.79 Å². The smallest absolute Gasteiger partial charge is 0.267 e. The van der Waals surface area contributed by atoms with Gasteiger partial charge in [-0.1, -0.05) is 11.6 Å². The molecule has 0 atom stereocenters. The number of carbonyl (C=O) groups excluding carboxylic acids is 1. The van der Waals surface area contributed by atoms with Gasteiger partial charge < -0.3 is 10.2 Å². The summed E-state index contributed by atoms with van der Waals surface area (Å²) in [5.41, 5.74) is 2.33. The Kier molecular flexibility index (Phi) is 4.85. The van der Waals surface area contributed by atoms with Gasteiger partial charge in [0.25, 0.3) is 5.91 Å². The van der Waals surface area contributed by atoms with Crippen molar-refractivity contribution in [3.63, 3.8) is 0 Å².